The lowest BCUT2D eigenvalue weighted by Crippen LogP contribution is -2.25. The molecule has 0 fully saturated rings. The number of anilines is 1. The number of carbonyl (C=O) groups is 1. The molecule has 0 atom stereocenters. The molecule has 2 heterocycles. The molecule has 1 N–H and O–H groups in total. The second kappa shape index (κ2) is 7.36. The summed E-state index contributed by atoms with van der Waals surface area (Å²) in [6.45, 7) is 2.24. The zero-order chi connectivity index (χ0) is 20.6. The van der Waals surface area contributed by atoms with E-state index < -0.39 is 6.29 Å². The number of carbonyl (C=O) groups excluding carboxylic acids is 1. The highest BCUT2D eigenvalue weighted by Crippen LogP contribution is 2.42. The van der Waals surface area contributed by atoms with Crippen molar-refractivity contribution in [3.8, 4) is 11.5 Å². The number of alkyl halides is 2. The van der Waals surface area contributed by atoms with Crippen LogP contribution in [0.3, 0.4) is 0 Å². The second-order valence-corrected chi connectivity index (χ2v) is 7.07. The monoisotopic (exact) mass is 419 g/mol. The molecule has 29 heavy (non-hydrogen) atoms. The maximum atomic E-state index is 13.1. The zero-order valence-corrected chi connectivity index (χ0v) is 16.0. The molecule has 3 aromatic rings. The third-order valence-corrected chi connectivity index (χ3v) is 5.14. The Labute approximate surface area is 167 Å². The van der Waals surface area contributed by atoms with E-state index in [0.717, 1.165) is 11.8 Å². The summed E-state index contributed by atoms with van der Waals surface area (Å²) in [5, 5.41) is 3.54. The predicted octanol–water partition coefficient (Wildman–Crippen LogP) is 3.47. The Morgan fingerprint density at radius 1 is 1.21 bits per heavy atom. The molecule has 10 heteroatoms. The van der Waals surface area contributed by atoms with Gasteiger partial charge < -0.3 is 14.8 Å². The summed E-state index contributed by atoms with van der Waals surface area (Å²) in [5.74, 6) is -0.660. The second-order valence-electron chi connectivity index (χ2n) is 6.13. The molecule has 0 unspecified atom stereocenters. The number of halogens is 2. The average Bonchev–Trinajstić information content (AvgIpc) is 2.99. The van der Waals surface area contributed by atoms with Gasteiger partial charge in [-0.25, -0.2) is 4.98 Å². The molecule has 4 rings (SSSR count). The van der Waals surface area contributed by atoms with Gasteiger partial charge in [0.25, 0.3) is 5.56 Å². The van der Waals surface area contributed by atoms with Gasteiger partial charge >= 0.3 is 6.29 Å². The van der Waals surface area contributed by atoms with Gasteiger partial charge in [-0.3, -0.25) is 14.2 Å². The molecular formula is C19H15F2N3O4S. The Morgan fingerprint density at radius 2 is 1.97 bits per heavy atom. The van der Waals surface area contributed by atoms with Gasteiger partial charge in [0.05, 0.1) is 16.7 Å². The summed E-state index contributed by atoms with van der Waals surface area (Å²) < 4.78 is 36.4. The van der Waals surface area contributed by atoms with Crippen molar-refractivity contribution < 1.29 is 23.0 Å². The highest BCUT2D eigenvalue weighted by atomic mass is 32.2. The number of rotatable bonds is 5. The number of hydrogen-bond acceptors (Lipinski definition) is 6. The molecule has 0 aliphatic carbocycles. The van der Waals surface area contributed by atoms with Crippen molar-refractivity contribution in [2.75, 3.05) is 11.1 Å². The number of ether oxygens (including phenoxy) is 2. The van der Waals surface area contributed by atoms with Crippen LogP contribution in [0.4, 0.5) is 14.5 Å². The molecule has 7 nitrogen and oxygen atoms in total. The third kappa shape index (κ3) is 3.88. The first kappa shape index (κ1) is 19.2. The summed E-state index contributed by atoms with van der Waals surface area (Å²) in [4.78, 5) is 29.4. The van der Waals surface area contributed by atoms with E-state index in [4.69, 9.17) is 0 Å². The number of nitrogens with zero attached hydrogens (tertiary/aromatic N) is 2. The van der Waals surface area contributed by atoms with Crippen LogP contribution in [-0.4, -0.2) is 27.5 Å². The fourth-order valence-corrected chi connectivity index (χ4v) is 3.75. The van der Waals surface area contributed by atoms with Gasteiger partial charge in [-0.05, 0) is 31.2 Å². The number of fused-ring (bicyclic) bond motifs is 2. The highest BCUT2D eigenvalue weighted by molar-refractivity contribution is 7.99. The zero-order valence-electron chi connectivity index (χ0n) is 15.1. The van der Waals surface area contributed by atoms with Gasteiger partial charge in [0.15, 0.2) is 16.7 Å². The Hall–Kier alpha value is -3.14. The lowest BCUT2D eigenvalue weighted by atomic mass is 10.2. The van der Waals surface area contributed by atoms with Gasteiger partial charge in [-0.1, -0.05) is 23.9 Å². The average molecular weight is 419 g/mol. The molecule has 0 saturated carbocycles. The van der Waals surface area contributed by atoms with E-state index in [1.165, 1.54) is 22.8 Å². The fourth-order valence-electron chi connectivity index (χ4n) is 2.89. The molecule has 1 aliphatic heterocycles. The van der Waals surface area contributed by atoms with Crippen LogP contribution in [0.25, 0.3) is 10.9 Å². The molecular weight excluding hydrogens is 404 g/mol. The lowest BCUT2D eigenvalue weighted by Gasteiger charge is -2.11. The Balaban J connectivity index is 1.48. The minimum Gasteiger partial charge on any atom is -0.395 e. The molecule has 1 amide bonds. The van der Waals surface area contributed by atoms with Crippen molar-refractivity contribution >= 4 is 34.3 Å². The van der Waals surface area contributed by atoms with E-state index in [-0.39, 0.29) is 34.4 Å². The molecule has 0 bridgehead atoms. The molecule has 2 aromatic carbocycles. The number of amides is 1. The lowest BCUT2D eigenvalue weighted by molar-refractivity contribution is -0.286. The summed E-state index contributed by atoms with van der Waals surface area (Å²) in [7, 11) is 0. The highest BCUT2D eigenvalue weighted by Gasteiger charge is 2.43. The van der Waals surface area contributed by atoms with Crippen molar-refractivity contribution in [1.82, 2.24) is 9.55 Å². The molecule has 150 valence electrons. The van der Waals surface area contributed by atoms with E-state index >= 15 is 0 Å². The molecule has 1 aromatic heterocycles. The SMILES string of the molecule is CCn1c(SCC(=O)Nc2ccc3c(c2)OC(F)(F)O3)nc2ccccc2c1=O. The van der Waals surface area contributed by atoms with Crippen LogP contribution in [0, 0.1) is 0 Å². The van der Waals surface area contributed by atoms with Gasteiger partial charge in [-0.15, -0.1) is 8.78 Å². The van der Waals surface area contributed by atoms with Crippen molar-refractivity contribution in [2.24, 2.45) is 0 Å². The number of para-hydroxylation sites is 1. The van der Waals surface area contributed by atoms with Gasteiger partial charge in [0.2, 0.25) is 5.91 Å². The van der Waals surface area contributed by atoms with Crippen LogP contribution >= 0.6 is 11.8 Å². The van der Waals surface area contributed by atoms with E-state index in [1.54, 1.807) is 24.3 Å². The van der Waals surface area contributed by atoms with Crippen molar-refractivity contribution in [2.45, 2.75) is 24.9 Å². The molecule has 0 saturated heterocycles. The number of hydrogen-bond donors (Lipinski definition) is 1. The first-order valence-electron chi connectivity index (χ1n) is 8.68. The van der Waals surface area contributed by atoms with Crippen LogP contribution in [-0.2, 0) is 11.3 Å². The molecule has 1 aliphatic rings. The number of benzene rings is 2. The van der Waals surface area contributed by atoms with Crippen LogP contribution in [0.15, 0.2) is 52.4 Å². The molecule has 0 spiro atoms. The maximum absolute atomic E-state index is 13.1. The van der Waals surface area contributed by atoms with E-state index in [1.807, 2.05) is 6.92 Å². The number of aromatic nitrogens is 2. The molecule has 0 radical (unpaired) electrons. The van der Waals surface area contributed by atoms with Gasteiger partial charge in [-0.2, -0.15) is 0 Å². The summed E-state index contributed by atoms with van der Waals surface area (Å²) >= 11 is 1.12. The minimum absolute atomic E-state index is 0.0185. The van der Waals surface area contributed by atoms with Crippen molar-refractivity contribution in [3.63, 3.8) is 0 Å². The van der Waals surface area contributed by atoms with Crippen LogP contribution in [0.2, 0.25) is 0 Å². The van der Waals surface area contributed by atoms with E-state index in [2.05, 4.69) is 19.8 Å². The normalized spacial score (nSPS) is 14.2. The smallest absolute Gasteiger partial charge is 0.395 e. The minimum atomic E-state index is -3.72. The van der Waals surface area contributed by atoms with Gasteiger partial charge in [0.1, 0.15) is 0 Å². The summed E-state index contributed by atoms with van der Waals surface area (Å²) in [6.07, 6.45) is -3.72. The first-order chi connectivity index (χ1) is 13.9. The maximum Gasteiger partial charge on any atom is 0.586 e. The summed E-state index contributed by atoms with van der Waals surface area (Å²) in [5.41, 5.74) is 0.675. The van der Waals surface area contributed by atoms with E-state index in [0.29, 0.717) is 22.6 Å². The van der Waals surface area contributed by atoms with Crippen LogP contribution in [0.1, 0.15) is 6.92 Å². The fraction of sp³-hybridized carbons (Fsp3) is 0.211. The Kier molecular flexibility index (Phi) is 4.87. The Bertz CT molecular complexity index is 1170. The number of nitrogens with one attached hydrogen (secondary N) is 1. The Morgan fingerprint density at radius 3 is 2.76 bits per heavy atom. The quantitative estimate of drug-likeness (QED) is 0.504. The van der Waals surface area contributed by atoms with Gasteiger partial charge in [0, 0.05) is 18.3 Å². The standard InChI is InChI=1S/C19H15F2N3O4S/c1-2-24-17(26)12-5-3-4-6-13(12)23-18(24)29-10-16(25)22-11-7-8-14-15(9-11)28-19(20,21)27-14/h3-9H,2,10H2,1H3,(H,22,25). The largest absolute Gasteiger partial charge is 0.586 e. The van der Waals surface area contributed by atoms with Crippen LogP contribution < -0.4 is 20.3 Å². The summed E-state index contributed by atoms with van der Waals surface area (Å²) in [6, 6.07) is 11.0. The first-order valence-corrected chi connectivity index (χ1v) is 9.67. The predicted molar refractivity (Wildman–Crippen MR) is 104 cm³/mol. The third-order valence-electron chi connectivity index (χ3n) is 4.16. The van der Waals surface area contributed by atoms with Crippen LogP contribution in [0.5, 0.6) is 11.5 Å². The van der Waals surface area contributed by atoms with Crippen molar-refractivity contribution in [1.29, 1.82) is 0 Å². The van der Waals surface area contributed by atoms with Crippen molar-refractivity contribution in [3.05, 3.63) is 52.8 Å². The number of thioether (sulfide) groups is 1. The topological polar surface area (TPSA) is 82.5 Å². The van der Waals surface area contributed by atoms with E-state index in [9.17, 15) is 18.4 Å².